The van der Waals surface area contributed by atoms with Gasteiger partial charge in [-0.15, -0.1) is 0 Å². The summed E-state index contributed by atoms with van der Waals surface area (Å²) < 4.78 is 39.0. The number of hydrogen-bond acceptors (Lipinski definition) is 4. The first-order valence-electron chi connectivity index (χ1n) is 7.65. The maximum atomic E-state index is 12.8. The van der Waals surface area contributed by atoms with Gasteiger partial charge in [0, 0.05) is 5.69 Å². The molecule has 0 unspecified atom stereocenters. The molecule has 7 nitrogen and oxygen atoms in total. The summed E-state index contributed by atoms with van der Waals surface area (Å²) in [5.41, 5.74) is 1.29. The maximum Gasteiger partial charge on any atom is 0.243 e. The fraction of sp³-hybridized carbons (Fsp3) is 0.176. The number of halogens is 1. The average molecular weight is 379 g/mol. The second kappa shape index (κ2) is 8.54. The van der Waals surface area contributed by atoms with Gasteiger partial charge in [0.05, 0.1) is 18.0 Å². The van der Waals surface area contributed by atoms with Crippen LogP contribution in [0.25, 0.3) is 0 Å². The molecular formula is C17H18FN3O4S. The fourth-order valence-corrected chi connectivity index (χ4v) is 2.92. The Labute approximate surface area is 150 Å². The lowest BCUT2D eigenvalue weighted by molar-refractivity contribution is -0.123. The molecule has 0 aliphatic heterocycles. The Bertz CT molecular complexity index is 881. The Morgan fingerprint density at radius 3 is 2.15 bits per heavy atom. The monoisotopic (exact) mass is 379 g/mol. The van der Waals surface area contributed by atoms with Gasteiger partial charge < -0.3 is 10.6 Å². The van der Waals surface area contributed by atoms with Crippen LogP contribution in [0.4, 0.5) is 10.1 Å². The van der Waals surface area contributed by atoms with E-state index in [0.29, 0.717) is 5.69 Å². The van der Waals surface area contributed by atoms with Gasteiger partial charge in [0.2, 0.25) is 21.8 Å². The molecule has 138 valence electrons. The molecule has 3 N–H and O–H groups in total. The van der Waals surface area contributed by atoms with E-state index in [1.807, 2.05) is 6.92 Å². The molecule has 0 bridgehead atoms. The summed E-state index contributed by atoms with van der Waals surface area (Å²) in [6.07, 6.45) is 0. The lowest BCUT2D eigenvalue weighted by Gasteiger charge is -2.09. The van der Waals surface area contributed by atoms with E-state index < -0.39 is 34.2 Å². The van der Waals surface area contributed by atoms with Crippen LogP contribution in [0.2, 0.25) is 0 Å². The highest BCUT2D eigenvalue weighted by Crippen LogP contribution is 2.09. The Morgan fingerprint density at radius 2 is 1.54 bits per heavy atom. The highest BCUT2D eigenvalue weighted by molar-refractivity contribution is 7.89. The van der Waals surface area contributed by atoms with Crippen molar-refractivity contribution in [1.82, 2.24) is 10.0 Å². The highest BCUT2D eigenvalue weighted by atomic mass is 32.2. The molecule has 2 aromatic rings. The SMILES string of the molecule is Cc1ccc(S(=O)(=O)NCC(=O)NCC(=O)Nc2ccc(F)cc2)cc1. The molecule has 0 saturated carbocycles. The van der Waals surface area contributed by atoms with Crippen molar-refractivity contribution in [3.8, 4) is 0 Å². The van der Waals surface area contributed by atoms with Gasteiger partial charge in [-0.2, -0.15) is 0 Å². The third-order valence-corrected chi connectivity index (χ3v) is 4.75. The summed E-state index contributed by atoms with van der Waals surface area (Å²) in [6.45, 7) is 0.983. The molecule has 2 aromatic carbocycles. The topological polar surface area (TPSA) is 104 Å². The molecule has 0 radical (unpaired) electrons. The molecular weight excluding hydrogens is 361 g/mol. The van der Waals surface area contributed by atoms with Crippen LogP contribution in [0, 0.1) is 12.7 Å². The predicted molar refractivity (Wildman–Crippen MR) is 94.4 cm³/mol. The van der Waals surface area contributed by atoms with Gasteiger partial charge >= 0.3 is 0 Å². The third-order valence-electron chi connectivity index (χ3n) is 3.33. The van der Waals surface area contributed by atoms with E-state index in [2.05, 4.69) is 15.4 Å². The summed E-state index contributed by atoms with van der Waals surface area (Å²) in [5, 5.41) is 4.76. The van der Waals surface area contributed by atoms with Gasteiger partial charge in [0.25, 0.3) is 0 Å². The first kappa shape index (κ1) is 19.5. The van der Waals surface area contributed by atoms with Gasteiger partial charge in [0.1, 0.15) is 5.82 Å². The van der Waals surface area contributed by atoms with Crippen LogP contribution in [0.15, 0.2) is 53.4 Å². The number of sulfonamides is 1. The van der Waals surface area contributed by atoms with Crippen molar-refractivity contribution in [2.75, 3.05) is 18.4 Å². The van der Waals surface area contributed by atoms with Gasteiger partial charge in [-0.25, -0.2) is 17.5 Å². The molecule has 2 rings (SSSR count). The summed E-state index contributed by atoms with van der Waals surface area (Å²) in [5.74, 6) is -1.61. The number of aryl methyl sites for hydroxylation is 1. The minimum Gasteiger partial charge on any atom is -0.346 e. The highest BCUT2D eigenvalue weighted by Gasteiger charge is 2.15. The molecule has 0 aliphatic rings. The van der Waals surface area contributed by atoms with Crippen molar-refractivity contribution < 1.29 is 22.4 Å². The van der Waals surface area contributed by atoms with Crippen molar-refractivity contribution in [3.63, 3.8) is 0 Å². The Balaban J connectivity index is 1.78. The number of nitrogens with one attached hydrogen (secondary N) is 3. The number of benzene rings is 2. The summed E-state index contributed by atoms with van der Waals surface area (Å²) >= 11 is 0. The lowest BCUT2D eigenvalue weighted by atomic mass is 10.2. The average Bonchev–Trinajstić information content (AvgIpc) is 2.61. The summed E-state index contributed by atoms with van der Waals surface area (Å²) in [6, 6.07) is 11.3. The van der Waals surface area contributed by atoms with Crippen LogP contribution in [0.5, 0.6) is 0 Å². The minimum atomic E-state index is -3.81. The van der Waals surface area contributed by atoms with Crippen molar-refractivity contribution in [2.45, 2.75) is 11.8 Å². The van der Waals surface area contributed by atoms with Crippen LogP contribution in [0.3, 0.4) is 0 Å². The number of rotatable bonds is 7. The predicted octanol–water partition coefficient (Wildman–Crippen LogP) is 1.17. The standard InChI is InChI=1S/C17H18FN3O4S/c1-12-2-8-15(9-3-12)26(24,25)20-11-16(22)19-10-17(23)21-14-6-4-13(18)5-7-14/h2-9,20H,10-11H2,1H3,(H,19,22)(H,21,23). The van der Waals surface area contributed by atoms with E-state index in [-0.39, 0.29) is 11.4 Å². The molecule has 2 amide bonds. The lowest BCUT2D eigenvalue weighted by Crippen LogP contribution is -2.40. The Morgan fingerprint density at radius 1 is 0.923 bits per heavy atom. The summed E-state index contributed by atoms with van der Waals surface area (Å²) in [7, 11) is -3.81. The zero-order valence-electron chi connectivity index (χ0n) is 14.0. The number of carbonyl (C=O) groups excluding carboxylic acids is 2. The van der Waals surface area contributed by atoms with Crippen LogP contribution >= 0.6 is 0 Å². The van der Waals surface area contributed by atoms with Crippen LogP contribution in [-0.2, 0) is 19.6 Å². The third kappa shape index (κ3) is 5.94. The van der Waals surface area contributed by atoms with E-state index in [9.17, 15) is 22.4 Å². The van der Waals surface area contributed by atoms with Crippen LogP contribution in [0.1, 0.15) is 5.56 Å². The molecule has 0 aliphatic carbocycles. The molecule has 0 aromatic heterocycles. The van der Waals surface area contributed by atoms with E-state index in [1.54, 1.807) is 12.1 Å². The maximum absolute atomic E-state index is 12.8. The second-order valence-electron chi connectivity index (χ2n) is 5.47. The second-order valence-corrected chi connectivity index (χ2v) is 7.24. The van der Waals surface area contributed by atoms with Gasteiger partial charge in [-0.3, -0.25) is 9.59 Å². The number of amides is 2. The molecule has 9 heteroatoms. The molecule has 0 saturated heterocycles. The molecule has 26 heavy (non-hydrogen) atoms. The first-order valence-corrected chi connectivity index (χ1v) is 9.13. The van der Waals surface area contributed by atoms with Gasteiger partial charge in [-0.05, 0) is 43.3 Å². The number of carbonyl (C=O) groups is 2. The number of hydrogen-bond donors (Lipinski definition) is 3. The van der Waals surface area contributed by atoms with E-state index in [0.717, 1.165) is 5.56 Å². The molecule has 0 atom stereocenters. The van der Waals surface area contributed by atoms with E-state index in [1.165, 1.54) is 36.4 Å². The smallest absolute Gasteiger partial charge is 0.243 e. The number of anilines is 1. The largest absolute Gasteiger partial charge is 0.346 e. The summed E-state index contributed by atoms with van der Waals surface area (Å²) in [4.78, 5) is 23.5. The Hall–Kier alpha value is -2.78. The van der Waals surface area contributed by atoms with E-state index >= 15 is 0 Å². The minimum absolute atomic E-state index is 0.0463. The Kier molecular flexibility index (Phi) is 6.42. The zero-order valence-corrected chi connectivity index (χ0v) is 14.8. The van der Waals surface area contributed by atoms with Gasteiger partial charge in [0.15, 0.2) is 0 Å². The quantitative estimate of drug-likeness (QED) is 0.672. The molecule has 0 heterocycles. The fourth-order valence-electron chi connectivity index (χ4n) is 1.94. The van der Waals surface area contributed by atoms with Gasteiger partial charge in [-0.1, -0.05) is 17.7 Å². The van der Waals surface area contributed by atoms with Crippen molar-refractivity contribution in [1.29, 1.82) is 0 Å². The van der Waals surface area contributed by atoms with E-state index in [4.69, 9.17) is 0 Å². The normalized spacial score (nSPS) is 11.0. The van der Waals surface area contributed by atoms with Crippen molar-refractivity contribution >= 4 is 27.5 Å². The van der Waals surface area contributed by atoms with Crippen LogP contribution in [-0.4, -0.2) is 33.3 Å². The molecule has 0 spiro atoms. The van der Waals surface area contributed by atoms with Crippen molar-refractivity contribution in [2.24, 2.45) is 0 Å². The van der Waals surface area contributed by atoms with Crippen LogP contribution < -0.4 is 15.4 Å². The molecule has 0 fully saturated rings. The van der Waals surface area contributed by atoms with Crippen molar-refractivity contribution in [3.05, 3.63) is 59.9 Å². The zero-order chi connectivity index (χ0) is 19.2. The first-order chi connectivity index (χ1) is 12.3.